The first-order valence-corrected chi connectivity index (χ1v) is 9.55. The summed E-state index contributed by atoms with van der Waals surface area (Å²) in [7, 11) is 0. The summed E-state index contributed by atoms with van der Waals surface area (Å²) in [5, 5.41) is 11.8. The lowest BCUT2D eigenvalue weighted by molar-refractivity contribution is 0.0951. The molecule has 0 spiro atoms. The fraction of sp³-hybridized carbons (Fsp3) is 0.174. The Kier molecular flexibility index (Phi) is 5.24. The van der Waals surface area contributed by atoms with Crippen LogP contribution in [0.3, 0.4) is 0 Å². The molecule has 29 heavy (non-hydrogen) atoms. The van der Waals surface area contributed by atoms with Gasteiger partial charge in [-0.25, -0.2) is 4.68 Å². The van der Waals surface area contributed by atoms with Gasteiger partial charge in [0.05, 0.1) is 24.1 Å². The molecule has 4 aromatic rings. The van der Waals surface area contributed by atoms with Crippen molar-refractivity contribution < 1.29 is 4.79 Å². The molecule has 2 aromatic heterocycles. The van der Waals surface area contributed by atoms with Gasteiger partial charge in [0.25, 0.3) is 5.91 Å². The van der Waals surface area contributed by atoms with Crippen molar-refractivity contribution in [3.05, 3.63) is 101 Å². The zero-order valence-electron chi connectivity index (χ0n) is 16.5. The SMILES string of the molecule is Cc1cc(C)n(-c2ccc(C(=O)NCc3cnn(Cc4ccccc4)c3)cc2)n1. The third-order valence-corrected chi connectivity index (χ3v) is 4.71. The summed E-state index contributed by atoms with van der Waals surface area (Å²) in [6, 6.07) is 19.6. The minimum atomic E-state index is -0.110. The molecule has 2 heterocycles. The van der Waals surface area contributed by atoms with Gasteiger partial charge in [-0.2, -0.15) is 10.2 Å². The van der Waals surface area contributed by atoms with E-state index in [-0.39, 0.29) is 5.91 Å². The Balaban J connectivity index is 1.36. The van der Waals surface area contributed by atoms with Gasteiger partial charge < -0.3 is 5.32 Å². The van der Waals surface area contributed by atoms with Crippen LogP contribution in [0.25, 0.3) is 5.69 Å². The second kappa shape index (κ2) is 8.14. The lowest BCUT2D eigenvalue weighted by Gasteiger charge is -2.07. The molecule has 0 atom stereocenters. The van der Waals surface area contributed by atoms with E-state index in [4.69, 9.17) is 0 Å². The minimum Gasteiger partial charge on any atom is -0.348 e. The van der Waals surface area contributed by atoms with Crippen LogP contribution in [0.5, 0.6) is 0 Å². The number of carbonyl (C=O) groups excluding carboxylic acids is 1. The van der Waals surface area contributed by atoms with Crippen LogP contribution in [0, 0.1) is 13.8 Å². The normalized spacial score (nSPS) is 10.8. The van der Waals surface area contributed by atoms with E-state index in [1.165, 1.54) is 5.56 Å². The van der Waals surface area contributed by atoms with Gasteiger partial charge in [-0.15, -0.1) is 0 Å². The second-order valence-electron chi connectivity index (χ2n) is 7.10. The van der Waals surface area contributed by atoms with Crippen LogP contribution in [-0.2, 0) is 13.1 Å². The summed E-state index contributed by atoms with van der Waals surface area (Å²) >= 11 is 0. The quantitative estimate of drug-likeness (QED) is 0.551. The third kappa shape index (κ3) is 4.43. The lowest BCUT2D eigenvalue weighted by Crippen LogP contribution is -2.22. The zero-order chi connectivity index (χ0) is 20.2. The highest BCUT2D eigenvalue weighted by Gasteiger charge is 2.08. The number of hydrogen-bond donors (Lipinski definition) is 1. The molecule has 6 nitrogen and oxygen atoms in total. The molecule has 0 radical (unpaired) electrons. The summed E-state index contributed by atoms with van der Waals surface area (Å²) in [4.78, 5) is 12.5. The number of nitrogens with zero attached hydrogens (tertiary/aromatic N) is 4. The molecule has 146 valence electrons. The second-order valence-corrected chi connectivity index (χ2v) is 7.10. The molecular weight excluding hydrogens is 362 g/mol. The Morgan fingerprint density at radius 1 is 1.00 bits per heavy atom. The Hall–Kier alpha value is -3.67. The van der Waals surface area contributed by atoms with E-state index < -0.39 is 0 Å². The molecule has 0 aliphatic heterocycles. The molecule has 0 unspecified atom stereocenters. The zero-order valence-corrected chi connectivity index (χ0v) is 16.5. The number of carbonyl (C=O) groups is 1. The predicted octanol–water partition coefficient (Wildman–Crippen LogP) is 3.66. The molecule has 0 bridgehead atoms. The van der Waals surface area contributed by atoms with Crippen molar-refractivity contribution in [3.63, 3.8) is 0 Å². The average molecular weight is 385 g/mol. The molecule has 2 aromatic carbocycles. The number of nitrogens with one attached hydrogen (secondary N) is 1. The van der Waals surface area contributed by atoms with Crippen LogP contribution in [-0.4, -0.2) is 25.5 Å². The van der Waals surface area contributed by atoms with E-state index in [0.717, 1.165) is 22.6 Å². The third-order valence-electron chi connectivity index (χ3n) is 4.71. The fourth-order valence-electron chi connectivity index (χ4n) is 3.28. The van der Waals surface area contributed by atoms with Crippen molar-refractivity contribution in [2.45, 2.75) is 26.9 Å². The monoisotopic (exact) mass is 385 g/mol. The molecule has 6 heteroatoms. The standard InChI is InChI=1S/C23H23N5O/c1-17-12-18(2)28(26-17)22-10-8-21(9-11-22)23(29)24-13-20-14-25-27(16-20)15-19-6-4-3-5-7-19/h3-12,14,16H,13,15H2,1-2H3,(H,24,29). The highest BCUT2D eigenvalue weighted by atomic mass is 16.1. The van der Waals surface area contributed by atoms with Crippen LogP contribution in [0.4, 0.5) is 0 Å². The maximum Gasteiger partial charge on any atom is 0.251 e. The average Bonchev–Trinajstić information content (AvgIpc) is 3.32. The number of amides is 1. The first kappa shape index (κ1) is 18.7. The number of aryl methyl sites for hydroxylation is 2. The molecule has 0 fully saturated rings. The van der Waals surface area contributed by atoms with Crippen molar-refractivity contribution in [1.29, 1.82) is 0 Å². The van der Waals surface area contributed by atoms with Crippen molar-refractivity contribution in [2.75, 3.05) is 0 Å². The molecule has 0 aliphatic rings. The topological polar surface area (TPSA) is 64.7 Å². The maximum absolute atomic E-state index is 12.5. The highest BCUT2D eigenvalue weighted by molar-refractivity contribution is 5.94. The van der Waals surface area contributed by atoms with E-state index in [9.17, 15) is 4.79 Å². The van der Waals surface area contributed by atoms with Crippen molar-refractivity contribution >= 4 is 5.91 Å². The van der Waals surface area contributed by atoms with Crippen LogP contribution >= 0.6 is 0 Å². The van der Waals surface area contributed by atoms with E-state index in [0.29, 0.717) is 18.7 Å². The molecule has 0 saturated carbocycles. The molecular formula is C23H23N5O. The van der Waals surface area contributed by atoms with Crippen LogP contribution in [0.2, 0.25) is 0 Å². The van der Waals surface area contributed by atoms with E-state index in [1.807, 2.05) is 77.9 Å². The van der Waals surface area contributed by atoms with E-state index in [2.05, 4.69) is 27.6 Å². The minimum absolute atomic E-state index is 0.110. The van der Waals surface area contributed by atoms with Gasteiger partial charge in [0.1, 0.15) is 0 Å². The van der Waals surface area contributed by atoms with Gasteiger partial charge in [0.15, 0.2) is 0 Å². The summed E-state index contributed by atoms with van der Waals surface area (Å²) in [6.45, 7) is 5.13. The summed E-state index contributed by atoms with van der Waals surface area (Å²) in [5.41, 5.74) is 5.74. The van der Waals surface area contributed by atoms with Gasteiger partial charge >= 0.3 is 0 Å². The van der Waals surface area contributed by atoms with Crippen molar-refractivity contribution in [3.8, 4) is 5.69 Å². The van der Waals surface area contributed by atoms with Crippen molar-refractivity contribution in [1.82, 2.24) is 24.9 Å². The van der Waals surface area contributed by atoms with Gasteiger partial charge in [-0.1, -0.05) is 30.3 Å². The van der Waals surface area contributed by atoms with Gasteiger partial charge in [0.2, 0.25) is 0 Å². The predicted molar refractivity (Wildman–Crippen MR) is 112 cm³/mol. The Bertz CT molecular complexity index is 1110. The maximum atomic E-state index is 12.5. The molecule has 1 amide bonds. The number of aromatic nitrogens is 4. The molecule has 4 rings (SSSR count). The summed E-state index contributed by atoms with van der Waals surface area (Å²) < 4.78 is 3.75. The van der Waals surface area contributed by atoms with Crippen molar-refractivity contribution in [2.24, 2.45) is 0 Å². The van der Waals surface area contributed by atoms with E-state index in [1.54, 1.807) is 6.20 Å². The summed E-state index contributed by atoms with van der Waals surface area (Å²) in [5.74, 6) is -0.110. The van der Waals surface area contributed by atoms with Gasteiger partial charge in [0, 0.05) is 29.6 Å². The smallest absolute Gasteiger partial charge is 0.251 e. The largest absolute Gasteiger partial charge is 0.348 e. The first-order chi connectivity index (χ1) is 14.1. The van der Waals surface area contributed by atoms with Gasteiger partial charge in [-0.3, -0.25) is 9.48 Å². The number of hydrogen-bond acceptors (Lipinski definition) is 3. The lowest BCUT2D eigenvalue weighted by atomic mass is 10.2. The number of rotatable bonds is 6. The van der Waals surface area contributed by atoms with Crippen LogP contribution in [0.15, 0.2) is 73.1 Å². The fourth-order valence-corrected chi connectivity index (χ4v) is 3.28. The van der Waals surface area contributed by atoms with Crippen LogP contribution in [0.1, 0.15) is 32.9 Å². The van der Waals surface area contributed by atoms with Crippen LogP contribution < -0.4 is 5.32 Å². The molecule has 0 aliphatic carbocycles. The van der Waals surface area contributed by atoms with Gasteiger partial charge in [-0.05, 0) is 49.7 Å². The molecule has 0 saturated heterocycles. The Morgan fingerprint density at radius 3 is 2.45 bits per heavy atom. The first-order valence-electron chi connectivity index (χ1n) is 9.55. The Labute approximate surface area is 169 Å². The highest BCUT2D eigenvalue weighted by Crippen LogP contribution is 2.13. The van der Waals surface area contributed by atoms with E-state index >= 15 is 0 Å². The molecule has 1 N–H and O–H groups in total. The number of benzene rings is 2. The Morgan fingerprint density at radius 2 is 1.76 bits per heavy atom. The summed E-state index contributed by atoms with van der Waals surface area (Å²) in [6.07, 6.45) is 3.74.